The van der Waals surface area contributed by atoms with Gasteiger partial charge in [0.1, 0.15) is 5.75 Å². The lowest BCUT2D eigenvalue weighted by Crippen LogP contribution is -2.23. The molecule has 0 atom stereocenters. The number of hydrogen-bond acceptors (Lipinski definition) is 5. The normalized spacial score (nSPS) is 14.1. The van der Waals surface area contributed by atoms with Crippen LogP contribution >= 0.6 is 31.9 Å². The molecule has 0 saturated carbocycles. The van der Waals surface area contributed by atoms with Crippen LogP contribution in [0.15, 0.2) is 33.2 Å². The first-order chi connectivity index (χ1) is 15.9. The second-order valence-electron chi connectivity index (χ2n) is 8.87. The number of fused-ring (bicyclic) bond motifs is 1. The van der Waals surface area contributed by atoms with Crippen LogP contribution in [0.4, 0.5) is 5.69 Å². The van der Waals surface area contributed by atoms with E-state index in [-0.39, 0.29) is 0 Å². The van der Waals surface area contributed by atoms with Crippen molar-refractivity contribution in [1.82, 2.24) is 4.90 Å². The number of ether oxygens (including phenoxy) is 3. The van der Waals surface area contributed by atoms with Crippen molar-refractivity contribution in [2.24, 2.45) is 5.92 Å². The average Bonchev–Trinajstić information content (AvgIpc) is 3.01. The van der Waals surface area contributed by atoms with Crippen LogP contribution in [0, 0.1) is 5.92 Å². The van der Waals surface area contributed by atoms with Crippen LogP contribution in [-0.2, 0) is 12.8 Å². The summed E-state index contributed by atoms with van der Waals surface area (Å²) >= 11 is 6.92. The third-order valence-corrected chi connectivity index (χ3v) is 7.82. The molecule has 0 aliphatic heterocycles. The van der Waals surface area contributed by atoms with Crippen molar-refractivity contribution in [3.63, 3.8) is 0 Å². The van der Waals surface area contributed by atoms with E-state index in [9.17, 15) is 0 Å². The molecule has 2 aromatic rings. The zero-order chi connectivity index (χ0) is 23.8. The van der Waals surface area contributed by atoms with Crippen LogP contribution < -0.4 is 19.9 Å². The second-order valence-corrected chi connectivity index (χ2v) is 10.6. The predicted octanol–water partition coefficient (Wildman–Crippen LogP) is 6.49. The Bertz CT molecular complexity index is 865. The molecule has 0 heterocycles. The Hall–Kier alpha value is -1.44. The molecule has 2 N–H and O–H groups in total. The van der Waals surface area contributed by atoms with E-state index in [1.807, 2.05) is 12.1 Å². The van der Waals surface area contributed by atoms with E-state index in [1.54, 1.807) is 14.2 Å². The van der Waals surface area contributed by atoms with E-state index in [0.717, 1.165) is 64.5 Å². The molecule has 1 aliphatic rings. The van der Waals surface area contributed by atoms with Crippen LogP contribution in [0.25, 0.3) is 0 Å². The van der Waals surface area contributed by atoms with Crippen LogP contribution in [0.5, 0.6) is 17.2 Å². The standard InChI is InChI=1S/C26H36Br2N2O3/c1-30(12-5-13-33-21-16-22(27)26(29)23(28)17-21)11-4-6-18-7-9-19-14-24(31-2)25(32-3)15-20(19)10-8-18/h14-18H,4-13,29H2,1-3H3. The Kier molecular flexibility index (Phi) is 10.2. The van der Waals surface area contributed by atoms with Gasteiger partial charge in [0.05, 0.1) is 26.5 Å². The molecular formula is C26H36Br2N2O3. The summed E-state index contributed by atoms with van der Waals surface area (Å²) in [6.07, 6.45) is 8.30. The Morgan fingerprint density at radius 2 is 1.45 bits per heavy atom. The average molecular weight is 584 g/mol. The number of benzene rings is 2. The van der Waals surface area contributed by atoms with Crippen molar-refractivity contribution in [3.05, 3.63) is 44.3 Å². The van der Waals surface area contributed by atoms with Gasteiger partial charge in [-0.1, -0.05) is 0 Å². The summed E-state index contributed by atoms with van der Waals surface area (Å²) in [6.45, 7) is 2.86. The number of halogens is 2. The summed E-state index contributed by atoms with van der Waals surface area (Å²) in [7, 11) is 5.63. The van der Waals surface area contributed by atoms with Gasteiger partial charge in [-0.15, -0.1) is 0 Å². The van der Waals surface area contributed by atoms with Gasteiger partial charge in [-0.3, -0.25) is 0 Å². The highest BCUT2D eigenvalue weighted by atomic mass is 79.9. The molecule has 0 unspecified atom stereocenters. The highest BCUT2D eigenvalue weighted by Gasteiger charge is 2.19. The largest absolute Gasteiger partial charge is 0.493 e. The number of anilines is 1. The van der Waals surface area contributed by atoms with E-state index in [2.05, 4.69) is 55.9 Å². The molecule has 0 aromatic heterocycles. The molecule has 0 fully saturated rings. The van der Waals surface area contributed by atoms with Crippen LogP contribution in [0.2, 0.25) is 0 Å². The number of aryl methyl sites for hydroxylation is 2. The van der Waals surface area contributed by atoms with Gasteiger partial charge in [-0.25, -0.2) is 0 Å². The lowest BCUT2D eigenvalue weighted by Gasteiger charge is -2.19. The van der Waals surface area contributed by atoms with Crippen molar-refractivity contribution in [2.75, 3.05) is 46.7 Å². The molecule has 2 aromatic carbocycles. The minimum atomic E-state index is 0.694. The number of nitrogens with zero attached hydrogens (tertiary/aromatic N) is 1. The minimum Gasteiger partial charge on any atom is -0.493 e. The maximum atomic E-state index is 5.93. The molecule has 33 heavy (non-hydrogen) atoms. The van der Waals surface area contributed by atoms with Crippen molar-refractivity contribution in [3.8, 4) is 17.2 Å². The van der Waals surface area contributed by atoms with E-state index >= 15 is 0 Å². The van der Waals surface area contributed by atoms with E-state index in [0.29, 0.717) is 12.3 Å². The van der Waals surface area contributed by atoms with Gasteiger partial charge in [0.15, 0.2) is 11.5 Å². The van der Waals surface area contributed by atoms with Gasteiger partial charge in [0, 0.05) is 15.5 Å². The molecule has 0 spiro atoms. The molecule has 0 saturated heterocycles. The number of nitrogen functional groups attached to an aromatic ring is 1. The zero-order valence-corrected chi connectivity index (χ0v) is 23.1. The highest BCUT2D eigenvalue weighted by molar-refractivity contribution is 9.11. The zero-order valence-electron chi connectivity index (χ0n) is 20.0. The Morgan fingerprint density at radius 3 is 2.00 bits per heavy atom. The van der Waals surface area contributed by atoms with Gasteiger partial charge in [0.2, 0.25) is 0 Å². The van der Waals surface area contributed by atoms with Gasteiger partial charge in [0.25, 0.3) is 0 Å². The molecular weight excluding hydrogens is 548 g/mol. The van der Waals surface area contributed by atoms with Crippen molar-refractivity contribution in [2.45, 2.75) is 44.9 Å². The van der Waals surface area contributed by atoms with E-state index < -0.39 is 0 Å². The van der Waals surface area contributed by atoms with E-state index in [4.69, 9.17) is 19.9 Å². The van der Waals surface area contributed by atoms with Gasteiger partial charge >= 0.3 is 0 Å². The Balaban J connectivity index is 1.35. The summed E-state index contributed by atoms with van der Waals surface area (Å²) in [5.74, 6) is 3.30. The number of methoxy groups -OCH3 is 2. The van der Waals surface area contributed by atoms with E-state index in [1.165, 1.54) is 36.8 Å². The fourth-order valence-corrected chi connectivity index (χ4v) is 5.66. The molecule has 0 bridgehead atoms. The maximum Gasteiger partial charge on any atom is 0.161 e. The molecule has 0 amide bonds. The number of rotatable bonds is 11. The topological polar surface area (TPSA) is 57.0 Å². The summed E-state index contributed by atoms with van der Waals surface area (Å²) in [5, 5.41) is 0. The first-order valence-corrected chi connectivity index (χ1v) is 13.3. The minimum absolute atomic E-state index is 0.694. The fourth-order valence-electron chi connectivity index (χ4n) is 4.51. The highest BCUT2D eigenvalue weighted by Crippen LogP contribution is 2.36. The first-order valence-electron chi connectivity index (χ1n) is 11.7. The summed E-state index contributed by atoms with van der Waals surface area (Å²) < 4.78 is 18.6. The molecule has 1 aliphatic carbocycles. The van der Waals surface area contributed by atoms with Crippen LogP contribution in [-0.4, -0.2) is 45.9 Å². The number of nitrogens with two attached hydrogens (primary N) is 1. The van der Waals surface area contributed by atoms with Crippen molar-refractivity contribution >= 4 is 37.5 Å². The van der Waals surface area contributed by atoms with Crippen LogP contribution in [0.3, 0.4) is 0 Å². The predicted molar refractivity (Wildman–Crippen MR) is 143 cm³/mol. The van der Waals surface area contributed by atoms with Gasteiger partial charge < -0.3 is 24.8 Å². The molecule has 182 valence electrons. The van der Waals surface area contributed by atoms with Gasteiger partial charge in [-0.2, -0.15) is 0 Å². The monoisotopic (exact) mass is 582 g/mol. The fraction of sp³-hybridized carbons (Fsp3) is 0.538. The third-order valence-electron chi connectivity index (χ3n) is 6.51. The molecule has 7 heteroatoms. The molecule has 5 nitrogen and oxygen atoms in total. The van der Waals surface area contributed by atoms with Crippen molar-refractivity contribution < 1.29 is 14.2 Å². The lowest BCUT2D eigenvalue weighted by molar-refractivity contribution is 0.255. The second kappa shape index (κ2) is 12.9. The lowest BCUT2D eigenvalue weighted by atomic mass is 9.94. The number of hydrogen-bond donors (Lipinski definition) is 1. The SMILES string of the molecule is COc1cc2c(cc1OC)CCC(CCCN(C)CCCOc1cc(Br)c(N)c(Br)c1)CC2. The first kappa shape index (κ1) is 26.2. The quantitative estimate of drug-likeness (QED) is 0.186. The van der Waals surface area contributed by atoms with Gasteiger partial charge in [-0.05, 0) is 132 Å². The summed E-state index contributed by atoms with van der Waals surface area (Å²) in [5.41, 5.74) is 9.47. The third kappa shape index (κ3) is 7.52. The van der Waals surface area contributed by atoms with Crippen LogP contribution in [0.1, 0.15) is 43.2 Å². The van der Waals surface area contributed by atoms with Crippen molar-refractivity contribution in [1.29, 1.82) is 0 Å². The molecule has 0 radical (unpaired) electrons. The maximum absolute atomic E-state index is 5.93. The Labute approximate surface area is 215 Å². The molecule has 3 rings (SSSR count). The summed E-state index contributed by atoms with van der Waals surface area (Å²) in [6, 6.07) is 8.18. The summed E-state index contributed by atoms with van der Waals surface area (Å²) in [4.78, 5) is 2.42. The smallest absolute Gasteiger partial charge is 0.161 e. The Morgan fingerprint density at radius 1 is 0.909 bits per heavy atom.